The molecular weight excluding hydrogens is 306 g/mol. The number of halogens is 1. The first-order chi connectivity index (χ1) is 10.5. The molecule has 0 aliphatic heterocycles. The summed E-state index contributed by atoms with van der Waals surface area (Å²) in [6.07, 6.45) is 0.669. The molecule has 3 rings (SSSR count). The summed E-state index contributed by atoms with van der Waals surface area (Å²) in [5.41, 5.74) is 2.57. The molecule has 7 nitrogen and oxygen atoms in total. The van der Waals surface area contributed by atoms with Gasteiger partial charge in [0.2, 0.25) is 5.91 Å². The van der Waals surface area contributed by atoms with E-state index in [9.17, 15) is 4.79 Å². The number of carbonyl (C=O) groups is 1. The number of fused-ring (bicyclic) bond motifs is 1. The Labute approximate surface area is 131 Å². The third-order valence-electron chi connectivity index (χ3n) is 3.24. The van der Waals surface area contributed by atoms with Crippen LogP contribution in [-0.2, 0) is 11.2 Å². The molecule has 0 aromatic carbocycles. The van der Waals surface area contributed by atoms with E-state index >= 15 is 0 Å². The lowest BCUT2D eigenvalue weighted by Crippen LogP contribution is -2.12. The second kappa shape index (κ2) is 5.76. The molecule has 114 valence electrons. The van der Waals surface area contributed by atoms with Gasteiger partial charge in [-0.3, -0.25) is 9.89 Å². The molecule has 0 aliphatic carbocycles. The quantitative estimate of drug-likeness (QED) is 0.770. The van der Waals surface area contributed by atoms with E-state index in [1.54, 1.807) is 6.07 Å². The molecule has 22 heavy (non-hydrogen) atoms. The summed E-state index contributed by atoms with van der Waals surface area (Å²) >= 11 is 5.66. The molecule has 1 amide bonds. The second-order valence-corrected chi connectivity index (χ2v) is 5.43. The molecule has 0 bridgehead atoms. The highest BCUT2D eigenvalue weighted by molar-refractivity contribution is 6.29. The molecule has 0 saturated carbocycles. The lowest BCUT2D eigenvalue weighted by atomic mass is 10.1. The van der Waals surface area contributed by atoms with E-state index in [4.69, 9.17) is 16.1 Å². The van der Waals surface area contributed by atoms with Gasteiger partial charge >= 0.3 is 0 Å². The van der Waals surface area contributed by atoms with E-state index in [-0.39, 0.29) is 17.5 Å². The van der Waals surface area contributed by atoms with Crippen LogP contribution in [0.15, 0.2) is 16.7 Å². The van der Waals surface area contributed by atoms with Crippen LogP contribution in [0, 0.1) is 13.8 Å². The van der Waals surface area contributed by atoms with Crippen LogP contribution in [0.1, 0.15) is 23.4 Å². The lowest BCUT2D eigenvalue weighted by molar-refractivity contribution is -0.116. The number of amides is 1. The van der Waals surface area contributed by atoms with Gasteiger partial charge in [-0.25, -0.2) is 4.98 Å². The number of nitrogens with one attached hydrogen (secondary N) is 2. The van der Waals surface area contributed by atoms with Crippen LogP contribution in [0.3, 0.4) is 0 Å². The van der Waals surface area contributed by atoms with Crippen molar-refractivity contribution in [1.29, 1.82) is 0 Å². The van der Waals surface area contributed by atoms with Crippen molar-refractivity contribution in [2.75, 3.05) is 5.32 Å². The molecule has 0 radical (unpaired) electrons. The average molecular weight is 320 g/mol. The van der Waals surface area contributed by atoms with Gasteiger partial charge in [-0.2, -0.15) is 5.10 Å². The van der Waals surface area contributed by atoms with E-state index < -0.39 is 0 Å². The molecule has 0 fully saturated rings. The molecule has 3 aromatic heterocycles. The summed E-state index contributed by atoms with van der Waals surface area (Å²) in [6, 6.07) is 3.54. The second-order valence-electron chi connectivity index (χ2n) is 5.04. The first-order valence-electron chi connectivity index (χ1n) is 6.76. The highest BCUT2D eigenvalue weighted by atomic mass is 35.5. The fourth-order valence-electron chi connectivity index (χ4n) is 2.31. The lowest BCUT2D eigenvalue weighted by Gasteiger charge is -2.03. The topological polar surface area (TPSA) is 96.7 Å². The number of aromatic amines is 1. The van der Waals surface area contributed by atoms with Gasteiger partial charge in [-0.05, 0) is 25.5 Å². The number of hydrogen-bond acceptors (Lipinski definition) is 5. The van der Waals surface area contributed by atoms with Gasteiger partial charge in [0, 0.05) is 24.6 Å². The number of H-pyrrole nitrogens is 1. The number of anilines is 1. The van der Waals surface area contributed by atoms with Crippen LogP contribution in [0.4, 0.5) is 5.82 Å². The summed E-state index contributed by atoms with van der Waals surface area (Å²) in [6.45, 7) is 3.87. The zero-order chi connectivity index (χ0) is 15.7. The number of carbonyl (C=O) groups excluding carboxylic acids is 1. The number of rotatable bonds is 4. The molecule has 0 unspecified atom stereocenters. The number of aromatic nitrogens is 4. The third-order valence-corrected chi connectivity index (χ3v) is 3.42. The Balaban J connectivity index is 1.71. The maximum Gasteiger partial charge on any atom is 0.226 e. The van der Waals surface area contributed by atoms with E-state index in [0.29, 0.717) is 23.6 Å². The minimum absolute atomic E-state index is 0.166. The minimum Gasteiger partial charge on any atom is -0.360 e. The van der Waals surface area contributed by atoms with E-state index in [0.717, 1.165) is 16.6 Å². The summed E-state index contributed by atoms with van der Waals surface area (Å²) in [5, 5.41) is 14.4. The van der Waals surface area contributed by atoms with Crippen LogP contribution in [0.2, 0.25) is 5.15 Å². The van der Waals surface area contributed by atoms with Crippen molar-refractivity contribution < 1.29 is 9.32 Å². The van der Waals surface area contributed by atoms with Crippen molar-refractivity contribution in [3.8, 4) is 0 Å². The maximum absolute atomic E-state index is 12.0. The fourth-order valence-corrected chi connectivity index (χ4v) is 2.46. The van der Waals surface area contributed by atoms with Crippen molar-refractivity contribution >= 4 is 34.4 Å². The molecule has 3 heterocycles. The normalized spacial score (nSPS) is 11.0. The average Bonchev–Trinajstić information content (AvgIpc) is 3.03. The molecule has 0 aliphatic rings. The number of pyridine rings is 1. The standard InChI is InChI=1S/C14H14ClN5O2/c1-7-5-8(2)16-13-12(7)14(19-18-13)17-11(21)4-3-9-6-10(15)20-22-9/h5-6H,3-4H2,1-2H3,(H2,16,17,18,19,21). The summed E-state index contributed by atoms with van der Waals surface area (Å²) in [5.74, 6) is 0.891. The van der Waals surface area contributed by atoms with E-state index in [2.05, 4.69) is 25.7 Å². The molecule has 8 heteroatoms. The zero-order valence-corrected chi connectivity index (χ0v) is 12.9. The maximum atomic E-state index is 12.0. The van der Waals surface area contributed by atoms with Crippen LogP contribution in [-0.4, -0.2) is 26.2 Å². The molecule has 0 spiro atoms. The van der Waals surface area contributed by atoms with Crippen molar-refractivity contribution in [2.24, 2.45) is 0 Å². The van der Waals surface area contributed by atoms with Gasteiger partial charge < -0.3 is 9.84 Å². The molecule has 2 N–H and O–H groups in total. The monoisotopic (exact) mass is 319 g/mol. The van der Waals surface area contributed by atoms with Crippen molar-refractivity contribution in [3.63, 3.8) is 0 Å². The number of hydrogen-bond donors (Lipinski definition) is 2. The van der Waals surface area contributed by atoms with Crippen molar-refractivity contribution in [3.05, 3.63) is 34.3 Å². The number of aryl methyl sites for hydroxylation is 3. The highest BCUT2D eigenvalue weighted by Crippen LogP contribution is 2.23. The van der Waals surface area contributed by atoms with E-state index in [1.165, 1.54) is 0 Å². The summed E-state index contributed by atoms with van der Waals surface area (Å²) in [4.78, 5) is 16.4. The Morgan fingerprint density at radius 2 is 2.23 bits per heavy atom. The van der Waals surface area contributed by atoms with Gasteiger partial charge in [-0.1, -0.05) is 16.8 Å². The summed E-state index contributed by atoms with van der Waals surface area (Å²) in [7, 11) is 0. The summed E-state index contributed by atoms with van der Waals surface area (Å²) < 4.78 is 4.96. The molecule has 0 saturated heterocycles. The first kappa shape index (κ1) is 14.5. The predicted molar refractivity (Wildman–Crippen MR) is 81.8 cm³/mol. The fraction of sp³-hybridized carbons (Fsp3) is 0.286. The Morgan fingerprint density at radius 3 is 2.95 bits per heavy atom. The van der Waals surface area contributed by atoms with Gasteiger partial charge in [0.25, 0.3) is 0 Å². The van der Waals surface area contributed by atoms with Crippen LogP contribution in [0.25, 0.3) is 11.0 Å². The SMILES string of the molecule is Cc1cc(C)c2c(NC(=O)CCc3cc(Cl)no3)n[nH]c2n1. The largest absolute Gasteiger partial charge is 0.360 e. The van der Waals surface area contributed by atoms with Crippen molar-refractivity contribution in [1.82, 2.24) is 20.3 Å². The van der Waals surface area contributed by atoms with Crippen molar-refractivity contribution in [2.45, 2.75) is 26.7 Å². The van der Waals surface area contributed by atoms with Crippen LogP contribution < -0.4 is 5.32 Å². The first-order valence-corrected chi connectivity index (χ1v) is 7.14. The Bertz CT molecular complexity index is 839. The minimum atomic E-state index is -0.166. The Hall–Kier alpha value is -2.41. The molecule has 0 atom stereocenters. The molecule has 3 aromatic rings. The van der Waals surface area contributed by atoms with Crippen LogP contribution >= 0.6 is 11.6 Å². The smallest absolute Gasteiger partial charge is 0.226 e. The molecular formula is C14H14ClN5O2. The predicted octanol–water partition coefficient (Wildman–Crippen LogP) is 2.79. The van der Waals surface area contributed by atoms with Gasteiger partial charge in [-0.15, -0.1) is 0 Å². The van der Waals surface area contributed by atoms with Gasteiger partial charge in [0.15, 0.2) is 16.6 Å². The Morgan fingerprint density at radius 1 is 1.41 bits per heavy atom. The third kappa shape index (κ3) is 2.94. The van der Waals surface area contributed by atoms with Gasteiger partial charge in [0.05, 0.1) is 5.39 Å². The van der Waals surface area contributed by atoms with Gasteiger partial charge in [0.1, 0.15) is 5.76 Å². The van der Waals surface area contributed by atoms with E-state index in [1.807, 2.05) is 19.9 Å². The number of nitrogens with zero attached hydrogens (tertiary/aromatic N) is 3. The zero-order valence-electron chi connectivity index (χ0n) is 12.1. The van der Waals surface area contributed by atoms with Crippen LogP contribution in [0.5, 0.6) is 0 Å². The highest BCUT2D eigenvalue weighted by Gasteiger charge is 2.13. The Kier molecular flexibility index (Phi) is 3.81.